The van der Waals surface area contributed by atoms with Gasteiger partial charge in [0.15, 0.2) is 0 Å². The van der Waals surface area contributed by atoms with E-state index in [4.69, 9.17) is 11.6 Å². The number of halogens is 1. The van der Waals surface area contributed by atoms with Crippen molar-refractivity contribution in [3.05, 3.63) is 32.1 Å². The van der Waals surface area contributed by atoms with Crippen LogP contribution in [0.3, 0.4) is 0 Å². The molecule has 1 aromatic heterocycles. The number of H-pyrrole nitrogens is 1. The smallest absolute Gasteiger partial charge is 0.312 e. The lowest BCUT2D eigenvalue weighted by atomic mass is 10.5. The summed E-state index contributed by atoms with van der Waals surface area (Å²) in [5.74, 6) is 0. The van der Waals surface area contributed by atoms with Gasteiger partial charge >= 0.3 is 5.69 Å². The Hall–Kier alpha value is -1.07. The number of hydrogen-bond acceptors (Lipinski definition) is 3. The van der Waals surface area contributed by atoms with Crippen LogP contribution in [0.5, 0.6) is 0 Å². The van der Waals surface area contributed by atoms with Gasteiger partial charge in [-0.1, -0.05) is 11.6 Å². The summed E-state index contributed by atoms with van der Waals surface area (Å²) in [6.07, 6.45) is 3.79. The molecule has 0 aromatic carbocycles. The molecule has 2 N–H and O–H groups in total. The lowest BCUT2D eigenvalue weighted by Crippen LogP contribution is -2.33. The highest BCUT2D eigenvalue weighted by Gasteiger charge is 2.19. The maximum Gasteiger partial charge on any atom is 0.328 e. The third-order valence-corrected chi connectivity index (χ3v) is 2.60. The third kappa shape index (κ3) is 2.70. The van der Waals surface area contributed by atoms with Crippen molar-refractivity contribution in [1.29, 1.82) is 0 Å². The highest BCUT2D eigenvalue weighted by atomic mass is 35.5. The molecule has 1 saturated carbocycles. The second kappa shape index (κ2) is 4.20. The molecule has 5 nitrogen and oxygen atoms in total. The molecule has 1 heterocycles. The first kappa shape index (κ1) is 10.4. The van der Waals surface area contributed by atoms with E-state index < -0.39 is 11.2 Å². The average Bonchev–Trinajstić information content (AvgIpc) is 2.97. The lowest BCUT2D eigenvalue weighted by Gasteiger charge is -2.05. The molecule has 1 aliphatic carbocycles. The van der Waals surface area contributed by atoms with E-state index in [-0.39, 0.29) is 5.02 Å². The minimum atomic E-state index is -0.534. The fourth-order valence-electron chi connectivity index (χ4n) is 1.33. The Bertz CT molecular complexity index is 461. The van der Waals surface area contributed by atoms with Crippen molar-refractivity contribution in [2.24, 2.45) is 0 Å². The molecule has 0 aliphatic heterocycles. The zero-order valence-corrected chi connectivity index (χ0v) is 8.88. The van der Waals surface area contributed by atoms with E-state index in [1.165, 1.54) is 23.6 Å². The van der Waals surface area contributed by atoms with Gasteiger partial charge in [0.2, 0.25) is 0 Å². The van der Waals surface area contributed by atoms with E-state index in [1.807, 2.05) is 0 Å². The highest BCUT2D eigenvalue weighted by molar-refractivity contribution is 6.30. The molecule has 0 saturated heterocycles. The van der Waals surface area contributed by atoms with E-state index in [2.05, 4.69) is 10.3 Å². The van der Waals surface area contributed by atoms with Gasteiger partial charge in [-0.15, -0.1) is 0 Å². The predicted octanol–water partition coefficient (Wildman–Crippen LogP) is -0.0580. The van der Waals surface area contributed by atoms with Crippen LogP contribution >= 0.6 is 11.6 Å². The summed E-state index contributed by atoms with van der Waals surface area (Å²) < 4.78 is 1.40. The molecule has 1 aliphatic rings. The van der Waals surface area contributed by atoms with Gasteiger partial charge in [-0.3, -0.25) is 14.3 Å². The Labute approximate surface area is 91.1 Å². The third-order valence-electron chi connectivity index (χ3n) is 2.33. The number of aromatic nitrogens is 2. The summed E-state index contributed by atoms with van der Waals surface area (Å²) in [5, 5.41) is 3.31. The van der Waals surface area contributed by atoms with Crippen LogP contribution < -0.4 is 16.6 Å². The maximum absolute atomic E-state index is 11.3. The van der Waals surface area contributed by atoms with Gasteiger partial charge in [0.1, 0.15) is 5.02 Å². The fourth-order valence-corrected chi connectivity index (χ4v) is 1.49. The predicted molar refractivity (Wildman–Crippen MR) is 57.4 cm³/mol. The molecule has 0 unspecified atom stereocenters. The van der Waals surface area contributed by atoms with Crippen molar-refractivity contribution in [2.75, 3.05) is 6.54 Å². The molecule has 0 bridgehead atoms. The number of aromatic amines is 1. The van der Waals surface area contributed by atoms with Crippen LogP contribution in [0, 0.1) is 0 Å². The molecule has 2 rings (SSSR count). The minimum Gasteiger partial charge on any atom is -0.312 e. The Morgan fingerprint density at radius 3 is 2.93 bits per heavy atom. The van der Waals surface area contributed by atoms with Gasteiger partial charge in [0.05, 0.1) is 0 Å². The number of nitrogens with one attached hydrogen (secondary N) is 2. The van der Waals surface area contributed by atoms with E-state index >= 15 is 0 Å². The Balaban J connectivity index is 2.03. The van der Waals surface area contributed by atoms with Crippen LogP contribution in [0.1, 0.15) is 12.8 Å². The largest absolute Gasteiger partial charge is 0.328 e. The molecule has 6 heteroatoms. The van der Waals surface area contributed by atoms with Crippen molar-refractivity contribution in [3.8, 4) is 0 Å². The van der Waals surface area contributed by atoms with Gasteiger partial charge in [-0.25, -0.2) is 4.79 Å². The van der Waals surface area contributed by atoms with Gasteiger partial charge in [-0.05, 0) is 12.8 Å². The molecule has 0 atom stereocenters. The van der Waals surface area contributed by atoms with E-state index in [9.17, 15) is 9.59 Å². The second-order valence-electron chi connectivity index (χ2n) is 3.66. The number of rotatable bonds is 4. The molecule has 0 amide bonds. The summed E-state index contributed by atoms with van der Waals surface area (Å²) >= 11 is 5.62. The van der Waals surface area contributed by atoms with Crippen molar-refractivity contribution >= 4 is 11.6 Å². The van der Waals surface area contributed by atoms with Crippen LogP contribution in [0.15, 0.2) is 15.8 Å². The summed E-state index contributed by atoms with van der Waals surface area (Å²) in [4.78, 5) is 24.4. The van der Waals surface area contributed by atoms with Crippen LogP contribution in [0.4, 0.5) is 0 Å². The maximum atomic E-state index is 11.3. The van der Waals surface area contributed by atoms with Crippen LogP contribution in [0.2, 0.25) is 5.02 Å². The van der Waals surface area contributed by atoms with Crippen molar-refractivity contribution in [1.82, 2.24) is 14.9 Å². The Kier molecular flexibility index (Phi) is 2.93. The summed E-state index contributed by atoms with van der Waals surface area (Å²) in [5.41, 5.74) is -0.949. The summed E-state index contributed by atoms with van der Waals surface area (Å²) in [6.45, 7) is 1.23. The van der Waals surface area contributed by atoms with E-state index in [1.54, 1.807) is 0 Å². The molecular formula is C9H12ClN3O2. The van der Waals surface area contributed by atoms with Gasteiger partial charge in [-0.2, -0.15) is 0 Å². The average molecular weight is 230 g/mol. The fraction of sp³-hybridized carbons (Fsp3) is 0.556. The van der Waals surface area contributed by atoms with Gasteiger partial charge in [0.25, 0.3) is 5.56 Å². The van der Waals surface area contributed by atoms with Crippen molar-refractivity contribution in [3.63, 3.8) is 0 Å². The quantitative estimate of drug-likeness (QED) is 0.760. The van der Waals surface area contributed by atoms with Crippen LogP contribution in [-0.4, -0.2) is 22.1 Å². The summed E-state index contributed by atoms with van der Waals surface area (Å²) in [6, 6.07) is 0.610. The first-order valence-electron chi connectivity index (χ1n) is 4.89. The van der Waals surface area contributed by atoms with E-state index in [0.717, 1.165) is 0 Å². The first-order valence-corrected chi connectivity index (χ1v) is 5.27. The highest BCUT2D eigenvalue weighted by Crippen LogP contribution is 2.17. The zero-order valence-electron chi connectivity index (χ0n) is 8.12. The van der Waals surface area contributed by atoms with E-state index in [0.29, 0.717) is 19.1 Å². The molecular weight excluding hydrogens is 218 g/mol. The molecule has 15 heavy (non-hydrogen) atoms. The molecule has 82 valence electrons. The molecule has 0 radical (unpaired) electrons. The normalized spacial score (nSPS) is 15.5. The monoisotopic (exact) mass is 229 g/mol. The van der Waals surface area contributed by atoms with Crippen LogP contribution in [-0.2, 0) is 6.54 Å². The van der Waals surface area contributed by atoms with Crippen molar-refractivity contribution < 1.29 is 0 Å². The molecule has 1 fully saturated rings. The number of nitrogens with zero attached hydrogens (tertiary/aromatic N) is 1. The SMILES string of the molecule is O=c1[nH]c(=O)n(CCNC2CC2)cc1Cl. The lowest BCUT2D eigenvalue weighted by molar-refractivity contribution is 0.572. The zero-order chi connectivity index (χ0) is 10.8. The van der Waals surface area contributed by atoms with Gasteiger partial charge < -0.3 is 5.32 Å². The van der Waals surface area contributed by atoms with Crippen molar-refractivity contribution in [2.45, 2.75) is 25.4 Å². The second-order valence-corrected chi connectivity index (χ2v) is 4.07. The molecule has 1 aromatic rings. The number of hydrogen-bond donors (Lipinski definition) is 2. The van der Waals surface area contributed by atoms with Gasteiger partial charge in [0, 0.05) is 25.3 Å². The Morgan fingerprint density at radius 2 is 2.27 bits per heavy atom. The minimum absolute atomic E-state index is 0.0426. The molecule has 0 spiro atoms. The Morgan fingerprint density at radius 1 is 1.53 bits per heavy atom. The first-order chi connectivity index (χ1) is 7.16. The van der Waals surface area contributed by atoms with Crippen LogP contribution in [0.25, 0.3) is 0 Å². The standard InChI is InChI=1S/C9H12ClN3O2/c10-7-5-13(9(15)12-8(7)14)4-3-11-6-1-2-6/h5-6,11H,1-4H2,(H,12,14,15). The summed E-state index contributed by atoms with van der Waals surface area (Å²) in [7, 11) is 0. The topological polar surface area (TPSA) is 66.9 Å².